The lowest BCUT2D eigenvalue weighted by atomic mass is 9.44. The summed E-state index contributed by atoms with van der Waals surface area (Å²) in [4.78, 5) is 22.9. The van der Waals surface area contributed by atoms with Crippen LogP contribution in [0.2, 0.25) is 0 Å². The fourth-order valence-corrected chi connectivity index (χ4v) is 8.35. The quantitative estimate of drug-likeness (QED) is 0.452. The molecule has 8 atom stereocenters. The molecule has 0 aromatic carbocycles. The fraction of sp³-hybridized carbons (Fsp3) is 0.840. The van der Waals surface area contributed by atoms with Gasteiger partial charge in [0.25, 0.3) is 0 Å². The molecule has 0 aromatic rings. The van der Waals surface area contributed by atoms with Gasteiger partial charge in [-0.1, -0.05) is 20.4 Å². The van der Waals surface area contributed by atoms with Gasteiger partial charge in [-0.2, -0.15) is 0 Å². The van der Waals surface area contributed by atoms with E-state index in [1.165, 1.54) is 52.4 Å². The fourth-order valence-electron chi connectivity index (χ4n) is 8.35. The summed E-state index contributed by atoms with van der Waals surface area (Å²) in [6.07, 6.45) is 10.7. The maximum Gasteiger partial charge on any atom is 0.307 e. The van der Waals surface area contributed by atoms with Gasteiger partial charge in [0.2, 0.25) is 0 Å². The zero-order valence-corrected chi connectivity index (χ0v) is 18.7. The molecule has 4 rings (SSSR count). The zero-order chi connectivity index (χ0) is 21.0. The highest BCUT2D eigenvalue weighted by Gasteiger charge is 2.60. The van der Waals surface area contributed by atoms with Crippen LogP contribution < -0.4 is 0 Å². The lowest BCUT2D eigenvalue weighted by Crippen LogP contribution is -2.54. The van der Waals surface area contributed by atoms with Crippen LogP contribution >= 0.6 is 0 Å². The minimum atomic E-state index is -0.242. The van der Waals surface area contributed by atoms with Gasteiger partial charge in [0.1, 0.15) is 11.9 Å². The number of allylic oxidation sites excluding steroid dienone is 1. The molecule has 2 unspecified atom stereocenters. The lowest BCUT2D eigenvalue weighted by Gasteiger charge is -2.61. The van der Waals surface area contributed by atoms with Gasteiger partial charge in [-0.15, -0.1) is 0 Å². The van der Waals surface area contributed by atoms with Crippen molar-refractivity contribution < 1.29 is 19.1 Å². The number of carbonyl (C=O) groups excluding carboxylic acids is 2. The van der Waals surface area contributed by atoms with E-state index < -0.39 is 0 Å². The SMILES string of the molecule is C=C(OC(C)=O)[C@H]1CC[C@H]2[C@@H]3CCC4CC(OC(C)=O)CC[C@]4(C)[C@H]3CC[C@]12C. The molecule has 29 heavy (non-hydrogen) atoms. The Balaban J connectivity index is 1.51. The molecule has 4 fully saturated rings. The molecule has 4 aliphatic rings. The van der Waals surface area contributed by atoms with Crippen molar-refractivity contribution in [2.75, 3.05) is 0 Å². The Labute approximate surface area is 175 Å². The van der Waals surface area contributed by atoms with Crippen molar-refractivity contribution in [2.45, 2.75) is 91.6 Å². The summed E-state index contributed by atoms with van der Waals surface area (Å²) in [6, 6.07) is 0. The highest BCUT2D eigenvalue weighted by molar-refractivity contribution is 5.67. The first-order valence-corrected chi connectivity index (χ1v) is 11.7. The smallest absolute Gasteiger partial charge is 0.307 e. The molecule has 0 radical (unpaired) electrons. The molecule has 4 heteroatoms. The molecule has 0 aliphatic heterocycles. The van der Waals surface area contributed by atoms with Crippen molar-refractivity contribution in [1.82, 2.24) is 0 Å². The Bertz CT molecular complexity index is 699. The van der Waals surface area contributed by atoms with Crippen LogP contribution in [0.1, 0.15) is 85.5 Å². The molecule has 0 amide bonds. The summed E-state index contributed by atoms with van der Waals surface area (Å²) >= 11 is 0. The summed E-state index contributed by atoms with van der Waals surface area (Å²) < 4.78 is 11.0. The van der Waals surface area contributed by atoms with E-state index in [-0.39, 0.29) is 23.5 Å². The Morgan fingerprint density at radius 2 is 1.55 bits per heavy atom. The summed E-state index contributed by atoms with van der Waals surface area (Å²) in [6.45, 7) is 12.1. The summed E-state index contributed by atoms with van der Waals surface area (Å²) in [5, 5.41) is 0. The van der Waals surface area contributed by atoms with Crippen LogP contribution in [0.25, 0.3) is 0 Å². The summed E-state index contributed by atoms with van der Waals surface area (Å²) in [5.41, 5.74) is 0.595. The maximum atomic E-state index is 11.5. The number of fused-ring (bicyclic) bond motifs is 5. The van der Waals surface area contributed by atoms with Crippen LogP contribution in [0.4, 0.5) is 0 Å². The molecular weight excluding hydrogens is 364 g/mol. The molecule has 0 bridgehead atoms. The normalized spacial score (nSPS) is 46.1. The topological polar surface area (TPSA) is 52.6 Å². The zero-order valence-electron chi connectivity index (χ0n) is 18.7. The predicted octanol–water partition coefficient (Wildman–Crippen LogP) is 5.65. The number of ether oxygens (including phenoxy) is 2. The van der Waals surface area contributed by atoms with Crippen LogP contribution in [-0.2, 0) is 19.1 Å². The van der Waals surface area contributed by atoms with Crippen LogP contribution in [0, 0.1) is 40.4 Å². The van der Waals surface area contributed by atoms with Crippen molar-refractivity contribution >= 4 is 11.9 Å². The standard InChI is InChI=1S/C25H38O4/c1-15(28-16(2)26)21-8-9-22-20-7-6-18-14-19(29-17(3)27)10-12-24(18,4)23(20)11-13-25(21,22)5/h18-23H,1,6-14H2,2-5H3/t18?,19?,20-,21+,22-,23-,24-,25+/m0/s1. The van der Waals surface area contributed by atoms with Crippen molar-refractivity contribution in [2.24, 2.45) is 40.4 Å². The average molecular weight is 403 g/mol. The molecule has 4 aliphatic carbocycles. The van der Waals surface area contributed by atoms with E-state index >= 15 is 0 Å². The van der Waals surface area contributed by atoms with Crippen molar-refractivity contribution in [3.05, 3.63) is 12.3 Å². The minimum absolute atomic E-state index is 0.124. The second-order valence-corrected chi connectivity index (χ2v) is 10.9. The van der Waals surface area contributed by atoms with Gasteiger partial charge in [0.15, 0.2) is 0 Å². The second kappa shape index (κ2) is 7.42. The van der Waals surface area contributed by atoms with Crippen molar-refractivity contribution in [3.8, 4) is 0 Å². The maximum absolute atomic E-state index is 11.5. The Morgan fingerprint density at radius 1 is 0.862 bits per heavy atom. The first-order chi connectivity index (χ1) is 13.6. The average Bonchev–Trinajstić information content (AvgIpc) is 2.98. The third-order valence-corrected chi connectivity index (χ3v) is 9.61. The lowest BCUT2D eigenvalue weighted by molar-refractivity contribution is -0.160. The van der Waals surface area contributed by atoms with Crippen LogP contribution in [0.5, 0.6) is 0 Å². The van der Waals surface area contributed by atoms with E-state index in [1.54, 1.807) is 0 Å². The van der Waals surface area contributed by atoms with Crippen LogP contribution in [-0.4, -0.2) is 18.0 Å². The summed E-state index contributed by atoms with van der Waals surface area (Å²) in [5.74, 6) is 3.57. The van der Waals surface area contributed by atoms with Crippen molar-refractivity contribution in [1.29, 1.82) is 0 Å². The Hall–Kier alpha value is -1.32. The Morgan fingerprint density at radius 3 is 2.24 bits per heavy atom. The number of hydrogen-bond acceptors (Lipinski definition) is 4. The number of carbonyl (C=O) groups is 2. The van der Waals surface area contributed by atoms with E-state index in [2.05, 4.69) is 20.4 Å². The third kappa shape index (κ3) is 3.45. The van der Waals surface area contributed by atoms with Gasteiger partial charge in [-0.05, 0) is 92.3 Å². The number of rotatable bonds is 3. The molecule has 4 nitrogen and oxygen atoms in total. The highest BCUT2D eigenvalue weighted by atomic mass is 16.5. The van der Waals surface area contributed by atoms with Gasteiger partial charge >= 0.3 is 11.9 Å². The van der Waals surface area contributed by atoms with E-state index in [0.29, 0.717) is 28.9 Å². The summed E-state index contributed by atoms with van der Waals surface area (Å²) in [7, 11) is 0. The largest absolute Gasteiger partial charge is 0.463 e. The molecule has 0 spiro atoms. The molecule has 162 valence electrons. The molecule has 0 aromatic heterocycles. The predicted molar refractivity (Wildman–Crippen MR) is 112 cm³/mol. The van der Waals surface area contributed by atoms with Gasteiger partial charge in [0.05, 0.1) is 0 Å². The van der Waals surface area contributed by atoms with E-state index in [9.17, 15) is 9.59 Å². The van der Waals surface area contributed by atoms with Gasteiger partial charge in [0, 0.05) is 19.8 Å². The first kappa shape index (κ1) is 20.9. The van der Waals surface area contributed by atoms with Gasteiger partial charge in [-0.25, -0.2) is 0 Å². The molecule has 0 heterocycles. The van der Waals surface area contributed by atoms with E-state index in [4.69, 9.17) is 9.47 Å². The Kier molecular flexibility index (Phi) is 5.36. The van der Waals surface area contributed by atoms with E-state index in [1.807, 2.05) is 0 Å². The second-order valence-electron chi connectivity index (χ2n) is 10.9. The van der Waals surface area contributed by atoms with E-state index in [0.717, 1.165) is 31.1 Å². The van der Waals surface area contributed by atoms with Gasteiger partial charge < -0.3 is 9.47 Å². The van der Waals surface area contributed by atoms with Crippen LogP contribution in [0.15, 0.2) is 12.3 Å². The molecule has 0 N–H and O–H groups in total. The van der Waals surface area contributed by atoms with Crippen LogP contribution in [0.3, 0.4) is 0 Å². The minimum Gasteiger partial charge on any atom is -0.463 e. The van der Waals surface area contributed by atoms with Crippen molar-refractivity contribution in [3.63, 3.8) is 0 Å². The van der Waals surface area contributed by atoms with Gasteiger partial charge in [-0.3, -0.25) is 9.59 Å². The number of hydrogen-bond donors (Lipinski definition) is 0. The molecule has 4 saturated carbocycles. The molecule has 0 saturated heterocycles. The third-order valence-electron chi connectivity index (χ3n) is 9.61. The first-order valence-electron chi connectivity index (χ1n) is 11.7. The number of esters is 2. The molecular formula is C25H38O4. The highest BCUT2D eigenvalue weighted by Crippen LogP contribution is 2.68. The monoisotopic (exact) mass is 402 g/mol.